The molecule has 0 amide bonds. The van der Waals surface area contributed by atoms with Gasteiger partial charge in [-0.15, -0.1) is 10.2 Å². The summed E-state index contributed by atoms with van der Waals surface area (Å²) in [6.07, 6.45) is 0. The molecule has 1 heterocycles. The van der Waals surface area contributed by atoms with Crippen LogP contribution in [0.4, 0.5) is 0 Å². The average Bonchev–Trinajstić information content (AvgIpc) is 2.65. The lowest BCUT2D eigenvalue weighted by atomic mass is 10.3. The SMILES string of the molecule is COc1ccc(Sc2nnc(Br)s2)cc1. The Bertz CT molecular complexity index is 444. The summed E-state index contributed by atoms with van der Waals surface area (Å²) in [7, 11) is 1.66. The van der Waals surface area contributed by atoms with Crippen LogP contribution >= 0.6 is 39.0 Å². The maximum absolute atomic E-state index is 5.08. The number of hydrogen-bond donors (Lipinski definition) is 0. The van der Waals surface area contributed by atoms with Crippen LogP contribution in [0.15, 0.2) is 37.4 Å². The molecule has 6 heteroatoms. The second-order valence-electron chi connectivity index (χ2n) is 2.60. The third-order valence-corrected chi connectivity index (χ3v) is 4.06. The molecule has 0 N–H and O–H groups in total. The van der Waals surface area contributed by atoms with E-state index in [-0.39, 0.29) is 0 Å². The number of halogens is 1. The summed E-state index contributed by atoms with van der Waals surface area (Å²) in [6.45, 7) is 0. The highest BCUT2D eigenvalue weighted by Gasteiger charge is 2.03. The zero-order valence-corrected chi connectivity index (χ0v) is 11.0. The number of hydrogen-bond acceptors (Lipinski definition) is 5. The maximum atomic E-state index is 5.08. The molecule has 2 rings (SSSR count). The summed E-state index contributed by atoms with van der Waals surface area (Å²) in [5, 5.41) is 7.89. The molecular weight excluding hydrogens is 296 g/mol. The van der Waals surface area contributed by atoms with Crippen molar-refractivity contribution in [3.63, 3.8) is 0 Å². The number of methoxy groups -OCH3 is 1. The van der Waals surface area contributed by atoms with E-state index in [0.717, 1.165) is 18.9 Å². The van der Waals surface area contributed by atoms with E-state index < -0.39 is 0 Å². The van der Waals surface area contributed by atoms with E-state index in [1.165, 1.54) is 11.3 Å². The molecule has 0 aliphatic heterocycles. The molecule has 0 fully saturated rings. The molecule has 1 aromatic carbocycles. The van der Waals surface area contributed by atoms with Crippen LogP contribution in [0.5, 0.6) is 5.75 Å². The van der Waals surface area contributed by atoms with E-state index in [4.69, 9.17) is 4.74 Å². The first kappa shape index (κ1) is 10.9. The lowest BCUT2D eigenvalue weighted by Gasteiger charge is -2.00. The van der Waals surface area contributed by atoms with Crippen molar-refractivity contribution in [2.75, 3.05) is 7.11 Å². The fourth-order valence-electron chi connectivity index (χ4n) is 0.979. The van der Waals surface area contributed by atoms with Crippen LogP contribution < -0.4 is 4.74 Å². The maximum Gasteiger partial charge on any atom is 0.184 e. The van der Waals surface area contributed by atoms with Crippen LogP contribution in [-0.2, 0) is 0 Å². The Balaban J connectivity index is 2.11. The first-order valence-electron chi connectivity index (χ1n) is 4.09. The highest BCUT2D eigenvalue weighted by atomic mass is 79.9. The normalized spacial score (nSPS) is 10.3. The number of benzene rings is 1. The fourth-order valence-corrected chi connectivity index (χ4v) is 3.39. The Morgan fingerprint density at radius 2 is 2.00 bits per heavy atom. The van der Waals surface area contributed by atoms with Crippen LogP contribution in [0.3, 0.4) is 0 Å². The van der Waals surface area contributed by atoms with Crippen molar-refractivity contribution in [2.45, 2.75) is 9.24 Å². The molecule has 0 saturated carbocycles. The molecule has 0 spiro atoms. The fraction of sp³-hybridized carbons (Fsp3) is 0.111. The monoisotopic (exact) mass is 302 g/mol. The van der Waals surface area contributed by atoms with E-state index in [0.29, 0.717) is 0 Å². The predicted octanol–water partition coefficient (Wildman–Crippen LogP) is 3.46. The Labute approximate surface area is 104 Å². The minimum absolute atomic E-state index is 0.804. The molecule has 3 nitrogen and oxygen atoms in total. The zero-order valence-electron chi connectivity index (χ0n) is 7.81. The van der Waals surface area contributed by atoms with Crippen LogP contribution in [0, 0.1) is 0 Å². The standard InChI is InChI=1S/C9H7BrN2OS2/c1-13-6-2-4-7(5-3-6)14-9-12-11-8(10)15-9/h2-5H,1H3. The van der Waals surface area contributed by atoms with Crippen LogP contribution in [0.1, 0.15) is 0 Å². The summed E-state index contributed by atoms with van der Waals surface area (Å²) in [5.41, 5.74) is 0. The van der Waals surface area contributed by atoms with Gasteiger partial charge in [-0.05, 0) is 40.2 Å². The molecule has 1 aromatic heterocycles. The molecular formula is C9H7BrN2OS2. The van der Waals surface area contributed by atoms with Gasteiger partial charge in [-0.1, -0.05) is 23.1 Å². The Kier molecular flexibility index (Phi) is 3.61. The second-order valence-corrected chi connectivity index (χ2v) is 6.17. The first-order chi connectivity index (χ1) is 7.28. The van der Waals surface area contributed by atoms with Gasteiger partial charge in [0.15, 0.2) is 8.26 Å². The lowest BCUT2D eigenvalue weighted by Crippen LogP contribution is -1.81. The van der Waals surface area contributed by atoms with Gasteiger partial charge in [0.2, 0.25) is 0 Å². The molecule has 0 bridgehead atoms. The van der Waals surface area contributed by atoms with Crippen molar-refractivity contribution in [1.82, 2.24) is 10.2 Å². The van der Waals surface area contributed by atoms with Gasteiger partial charge in [0, 0.05) is 4.90 Å². The smallest absolute Gasteiger partial charge is 0.184 e. The largest absolute Gasteiger partial charge is 0.497 e. The lowest BCUT2D eigenvalue weighted by molar-refractivity contribution is 0.414. The van der Waals surface area contributed by atoms with E-state index in [9.17, 15) is 0 Å². The van der Waals surface area contributed by atoms with E-state index in [1.807, 2.05) is 24.3 Å². The minimum Gasteiger partial charge on any atom is -0.497 e. The van der Waals surface area contributed by atoms with Gasteiger partial charge >= 0.3 is 0 Å². The molecule has 2 aromatic rings. The molecule has 0 unspecified atom stereocenters. The van der Waals surface area contributed by atoms with Gasteiger partial charge in [-0.25, -0.2) is 0 Å². The summed E-state index contributed by atoms with van der Waals surface area (Å²) in [4.78, 5) is 1.12. The number of rotatable bonds is 3. The van der Waals surface area contributed by atoms with Crippen molar-refractivity contribution < 1.29 is 4.74 Å². The Hall–Kier alpha value is -0.590. The molecule has 0 radical (unpaired) electrons. The van der Waals surface area contributed by atoms with Crippen molar-refractivity contribution >= 4 is 39.0 Å². The molecule has 0 atom stereocenters. The van der Waals surface area contributed by atoms with Gasteiger partial charge < -0.3 is 4.74 Å². The van der Waals surface area contributed by atoms with E-state index >= 15 is 0 Å². The predicted molar refractivity (Wildman–Crippen MR) is 64.7 cm³/mol. The first-order valence-corrected chi connectivity index (χ1v) is 6.51. The molecule has 78 valence electrons. The Morgan fingerprint density at radius 3 is 2.53 bits per heavy atom. The summed E-state index contributed by atoms with van der Waals surface area (Å²) >= 11 is 6.39. The van der Waals surface area contributed by atoms with Gasteiger partial charge in [0.05, 0.1) is 7.11 Å². The third kappa shape index (κ3) is 2.93. The summed E-state index contributed by atoms with van der Waals surface area (Å²) in [5.74, 6) is 0.859. The van der Waals surface area contributed by atoms with E-state index in [2.05, 4.69) is 26.1 Å². The van der Waals surface area contributed by atoms with E-state index in [1.54, 1.807) is 18.9 Å². The minimum atomic E-state index is 0.804. The third-order valence-electron chi connectivity index (χ3n) is 1.65. The highest BCUT2D eigenvalue weighted by Crippen LogP contribution is 2.32. The van der Waals surface area contributed by atoms with Crippen LogP contribution in [0.25, 0.3) is 0 Å². The molecule has 15 heavy (non-hydrogen) atoms. The second kappa shape index (κ2) is 4.96. The van der Waals surface area contributed by atoms with Crippen molar-refractivity contribution in [2.24, 2.45) is 0 Å². The van der Waals surface area contributed by atoms with Crippen LogP contribution in [-0.4, -0.2) is 17.3 Å². The van der Waals surface area contributed by atoms with Gasteiger partial charge in [0.1, 0.15) is 5.75 Å². The number of nitrogens with zero attached hydrogens (tertiary/aromatic N) is 2. The van der Waals surface area contributed by atoms with Gasteiger partial charge in [0.25, 0.3) is 0 Å². The number of aromatic nitrogens is 2. The highest BCUT2D eigenvalue weighted by molar-refractivity contribution is 9.11. The molecule has 0 aliphatic carbocycles. The molecule has 0 saturated heterocycles. The average molecular weight is 303 g/mol. The Morgan fingerprint density at radius 1 is 1.27 bits per heavy atom. The quantitative estimate of drug-likeness (QED) is 0.870. The van der Waals surface area contributed by atoms with Crippen LogP contribution in [0.2, 0.25) is 0 Å². The van der Waals surface area contributed by atoms with Crippen molar-refractivity contribution in [3.05, 3.63) is 28.2 Å². The van der Waals surface area contributed by atoms with Crippen molar-refractivity contribution in [3.8, 4) is 5.75 Å². The zero-order chi connectivity index (χ0) is 10.7. The number of ether oxygens (including phenoxy) is 1. The summed E-state index contributed by atoms with van der Waals surface area (Å²) < 4.78 is 6.81. The molecule has 0 aliphatic rings. The van der Waals surface area contributed by atoms with Crippen molar-refractivity contribution in [1.29, 1.82) is 0 Å². The van der Waals surface area contributed by atoms with Gasteiger partial charge in [-0.2, -0.15) is 0 Å². The summed E-state index contributed by atoms with van der Waals surface area (Å²) in [6, 6.07) is 7.86. The van der Waals surface area contributed by atoms with Gasteiger partial charge in [-0.3, -0.25) is 0 Å². The topological polar surface area (TPSA) is 35.0 Å².